The first kappa shape index (κ1) is 19.7. The molecule has 1 aromatic rings. The van der Waals surface area contributed by atoms with E-state index in [2.05, 4.69) is 12.2 Å². The zero-order valence-corrected chi connectivity index (χ0v) is 17.5. The highest BCUT2D eigenvalue weighted by Gasteiger charge is 2.37. The van der Waals surface area contributed by atoms with Gasteiger partial charge >= 0.3 is 5.97 Å². The fourth-order valence-corrected chi connectivity index (χ4v) is 3.74. The number of hydrogen-bond donors (Lipinski definition) is 1. The molecule has 6 heteroatoms. The number of ether oxygens (including phenoxy) is 1. The molecule has 152 valence electrons. The molecular weight excluding hydrogens is 364 g/mol. The number of carbonyl (C=O) groups is 1. The third-order valence-electron chi connectivity index (χ3n) is 5.66. The van der Waals surface area contributed by atoms with Crippen molar-refractivity contribution in [3.63, 3.8) is 0 Å². The van der Waals surface area contributed by atoms with Crippen molar-refractivity contribution < 1.29 is 9.53 Å². The summed E-state index contributed by atoms with van der Waals surface area (Å²) in [6, 6.07) is 7.44. The first-order valence-electron chi connectivity index (χ1n) is 10.2. The summed E-state index contributed by atoms with van der Waals surface area (Å²) in [5.41, 5.74) is 2.59. The lowest BCUT2D eigenvalue weighted by atomic mass is 9.85. The first-order chi connectivity index (χ1) is 13.7. The van der Waals surface area contributed by atoms with Crippen LogP contribution in [0.3, 0.4) is 0 Å². The van der Waals surface area contributed by atoms with Gasteiger partial charge in [0.25, 0.3) is 0 Å². The predicted octanol–water partition coefficient (Wildman–Crippen LogP) is 3.67. The molecule has 3 heterocycles. The second kappa shape index (κ2) is 7.34. The Morgan fingerprint density at radius 2 is 1.83 bits per heavy atom. The van der Waals surface area contributed by atoms with E-state index in [-0.39, 0.29) is 5.97 Å². The maximum absolute atomic E-state index is 12.0. The van der Waals surface area contributed by atoms with Crippen molar-refractivity contribution in [2.24, 2.45) is 26.3 Å². The van der Waals surface area contributed by atoms with E-state index in [0.29, 0.717) is 11.7 Å². The summed E-state index contributed by atoms with van der Waals surface area (Å²) in [5, 5.41) is 3.40. The minimum Gasteiger partial charge on any atom is -0.426 e. The van der Waals surface area contributed by atoms with Gasteiger partial charge in [-0.1, -0.05) is 0 Å². The average molecular weight is 393 g/mol. The van der Waals surface area contributed by atoms with Crippen LogP contribution in [0, 0.1) is 11.3 Å². The van der Waals surface area contributed by atoms with E-state index >= 15 is 0 Å². The summed E-state index contributed by atoms with van der Waals surface area (Å²) in [7, 11) is 0. The summed E-state index contributed by atoms with van der Waals surface area (Å²) >= 11 is 0. The van der Waals surface area contributed by atoms with Crippen LogP contribution >= 0.6 is 0 Å². The summed E-state index contributed by atoms with van der Waals surface area (Å²) in [4.78, 5) is 26.5. The number of nitrogens with zero attached hydrogens (tertiary/aromatic N) is 3. The van der Waals surface area contributed by atoms with Crippen LogP contribution < -0.4 is 10.1 Å². The number of esters is 1. The molecule has 1 saturated heterocycles. The van der Waals surface area contributed by atoms with Crippen molar-refractivity contribution in [2.45, 2.75) is 46.2 Å². The standard InChI is InChI=1S/C23H28N4O2/c1-22(2,3)21(28)29-17-7-5-15(6-8-17)18-13-19-20(26-18)14-25-23(4,27-19)16-9-11-24-12-10-16/h5-8,13-14,16,24H,9-12H2,1-4H3. The van der Waals surface area contributed by atoms with Crippen LogP contribution in [0.5, 0.6) is 5.75 Å². The predicted molar refractivity (Wildman–Crippen MR) is 117 cm³/mol. The molecule has 0 amide bonds. The summed E-state index contributed by atoms with van der Waals surface area (Å²) < 4.78 is 5.44. The number of nitrogens with one attached hydrogen (secondary N) is 1. The monoisotopic (exact) mass is 392 g/mol. The van der Waals surface area contributed by atoms with Gasteiger partial charge in [-0.2, -0.15) is 0 Å². The van der Waals surface area contributed by atoms with E-state index in [1.807, 2.05) is 45.2 Å². The Balaban J connectivity index is 1.52. The Kier molecular flexibility index (Phi) is 4.99. The van der Waals surface area contributed by atoms with Gasteiger partial charge in [0.2, 0.25) is 0 Å². The van der Waals surface area contributed by atoms with Gasteiger partial charge in [0.1, 0.15) is 11.5 Å². The molecule has 3 aliphatic rings. The fourth-order valence-electron chi connectivity index (χ4n) is 3.74. The second-order valence-corrected chi connectivity index (χ2v) is 9.06. The number of aliphatic imine (C=N–C) groups is 3. The lowest BCUT2D eigenvalue weighted by Gasteiger charge is -2.35. The molecule has 3 aliphatic heterocycles. The largest absolute Gasteiger partial charge is 0.426 e. The molecule has 4 rings (SSSR count). The molecule has 6 nitrogen and oxygen atoms in total. The SMILES string of the molecule is CC(C)(C)C(=O)Oc1ccc(C2=CC3=NC(C)(C4CCNCC4)N=CC3=N2)cc1. The van der Waals surface area contributed by atoms with Crippen molar-refractivity contribution >= 4 is 29.3 Å². The molecular formula is C23H28N4O2. The molecule has 1 N–H and O–H groups in total. The fraction of sp³-hybridized carbons (Fsp3) is 0.478. The van der Waals surface area contributed by atoms with E-state index < -0.39 is 11.1 Å². The minimum atomic E-state index is -0.535. The zero-order valence-electron chi connectivity index (χ0n) is 17.5. The minimum absolute atomic E-state index is 0.251. The van der Waals surface area contributed by atoms with E-state index in [0.717, 1.165) is 48.6 Å². The molecule has 1 atom stereocenters. The topological polar surface area (TPSA) is 75.4 Å². The number of rotatable bonds is 3. The van der Waals surface area contributed by atoms with Crippen LogP contribution in [0.25, 0.3) is 5.70 Å². The molecule has 0 aliphatic carbocycles. The smallest absolute Gasteiger partial charge is 0.316 e. The van der Waals surface area contributed by atoms with E-state index in [1.54, 1.807) is 12.1 Å². The van der Waals surface area contributed by atoms with Crippen molar-refractivity contribution in [3.8, 4) is 5.75 Å². The number of hydrogen-bond acceptors (Lipinski definition) is 6. The molecule has 0 aromatic heterocycles. The third-order valence-corrected chi connectivity index (χ3v) is 5.66. The lowest BCUT2D eigenvalue weighted by molar-refractivity contribution is -0.142. The molecule has 1 aromatic carbocycles. The van der Waals surface area contributed by atoms with E-state index in [4.69, 9.17) is 19.7 Å². The van der Waals surface area contributed by atoms with Gasteiger partial charge < -0.3 is 10.1 Å². The number of fused-ring (bicyclic) bond motifs is 1. The van der Waals surface area contributed by atoms with Gasteiger partial charge in [-0.3, -0.25) is 14.8 Å². The molecule has 29 heavy (non-hydrogen) atoms. The normalized spacial score (nSPS) is 24.5. The Morgan fingerprint density at radius 1 is 1.14 bits per heavy atom. The van der Waals surface area contributed by atoms with E-state index in [1.165, 1.54) is 0 Å². The van der Waals surface area contributed by atoms with Gasteiger partial charge in [-0.05, 0) is 84.0 Å². The van der Waals surface area contributed by atoms with E-state index in [9.17, 15) is 4.79 Å². The van der Waals surface area contributed by atoms with Crippen molar-refractivity contribution in [1.82, 2.24) is 5.32 Å². The quantitative estimate of drug-likeness (QED) is 0.630. The highest BCUT2D eigenvalue weighted by Crippen LogP contribution is 2.34. The Hall–Kier alpha value is -2.60. The molecule has 1 fully saturated rings. The van der Waals surface area contributed by atoms with Gasteiger partial charge in [-0.25, -0.2) is 4.99 Å². The molecule has 0 bridgehead atoms. The summed E-state index contributed by atoms with van der Waals surface area (Å²) in [6.07, 6.45) is 6.06. The zero-order chi connectivity index (χ0) is 20.6. The Morgan fingerprint density at radius 3 is 2.48 bits per heavy atom. The average Bonchev–Trinajstić information content (AvgIpc) is 3.11. The first-order valence-corrected chi connectivity index (χ1v) is 10.2. The van der Waals surface area contributed by atoms with Gasteiger partial charge in [-0.15, -0.1) is 0 Å². The Bertz CT molecular complexity index is 929. The number of benzene rings is 1. The Labute approximate surface area is 171 Å². The van der Waals surface area contributed by atoms with Crippen LogP contribution in [-0.2, 0) is 4.79 Å². The van der Waals surface area contributed by atoms with Crippen molar-refractivity contribution in [3.05, 3.63) is 35.9 Å². The summed E-state index contributed by atoms with van der Waals surface area (Å²) in [6.45, 7) is 9.68. The number of allylic oxidation sites excluding steroid dienone is 1. The molecule has 1 unspecified atom stereocenters. The van der Waals surface area contributed by atoms with Crippen LogP contribution in [0.4, 0.5) is 0 Å². The highest BCUT2D eigenvalue weighted by atomic mass is 16.5. The molecule has 0 spiro atoms. The van der Waals surface area contributed by atoms with Crippen LogP contribution in [0.2, 0.25) is 0 Å². The van der Waals surface area contributed by atoms with Crippen LogP contribution in [0.1, 0.15) is 46.1 Å². The molecule has 0 radical (unpaired) electrons. The van der Waals surface area contributed by atoms with Gasteiger partial charge in [0, 0.05) is 11.5 Å². The van der Waals surface area contributed by atoms with Crippen molar-refractivity contribution in [2.75, 3.05) is 13.1 Å². The molecule has 0 saturated carbocycles. The van der Waals surface area contributed by atoms with Gasteiger partial charge in [0.15, 0.2) is 5.66 Å². The summed E-state index contributed by atoms with van der Waals surface area (Å²) in [5.74, 6) is 0.734. The van der Waals surface area contributed by atoms with Gasteiger partial charge in [0.05, 0.1) is 23.0 Å². The van der Waals surface area contributed by atoms with Crippen molar-refractivity contribution in [1.29, 1.82) is 0 Å². The third kappa shape index (κ3) is 4.08. The maximum Gasteiger partial charge on any atom is 0.316 e. The lowest BCUT2D eigenvalue weighted by Crippen LogP contribution is -2.42. The van der Waals surface area contributed by atoms with Crippen LogP contribution in [0.15, 0.2) is 45.3 Å². The maximum atomic E-state index is 12.0. The number of carbonyl (C=O) groups excluding carboxylic acids is 1. The van der Waals surface area contributed by atoms with Crippen LogP contribution in [-0.4, -0.2) is 42.4 Å². The number of piperidine rings is 1. The second-order valence-electron chi connectivity index (χ2n) is 9.06. The highest BCUT2D eigenvalue weighted by molar-refractivity contribution is 6.68.